The summed E-state index contributed by atoms with van der Waals surface area (Å²) in [7, 11) is 0. The van der Waals surface area contributed by atoms with Crippen LogP contribution in [0.4, 0.5) is 0 Å². The second kappa shape index (κ2) is 2.78. The fraction of sp³-hybridized carbons (Fsp3) is 0.500. The Hall–Kier alpha value is -0.920. The first-order chi connectivity index (χ1) is 4.77. The third kappa shape index (κ3) is 1.53. The van der Waals surface area contributed by atoms with Gasteiger partial charge in [-0.1, -0.05) is 6.08 Å². The van der Waals surface area contributed by atoms with E-state index in [1.54, 1.807) is 12.5 Å². The topological polar surface area (TPSA) is 18.5 Å². The van der Waals surface area contributed by atoms with E-state index in [0.717, 1.165) is 12.8 Å². The first-order valence-corrected chi connectivity index (χ1v) is 3.38. The summed E-state index contributed by atoms with van der Waals surface area (Å²) in [5, 5.41) is 0. The van der Waals surface area contributed by atoms with Gasteiger partial charge in [0.15, 0.2) is 0 Å². The second-order valence-electron chi connectivity index (χ2n) is 2.47. The fourth-order valence-electron chi connectivity index (χ4n) is 0.853. The quantitative estimate of drug-likeness (QED) is 0.559. The lowest BCUT2D eigenvalue weighted by molar-refractivity contribution is -0.129. The van der Waals surface area contributed by atoms with Gasteiger partial charge in [0.25, 0.3) is 0 Å². The molecule has 0 atom stereocenters. The molecule has 0 radical (unpaired) electrons. The van der Waals surface area contributed by atoms with E-state index in [1.165, 1.54) is 0 Å². The Kier molecular flexibility index (Phi) is 2.00. The van der Waals surface area contributed by atoms with Gasteiger partial charge in [0.2, 0.25) is 5.79 Å². The van der Waals surface area contributed by atoms with E-state index in [1.807, 2.05) is 13.0 Å². The van der Waals surface area contributed by atoms with Crippen LogP contribution < -0.4 is 0 Å². The van der Waals surface area contributed by atoms with Gasteiger partial charge in [-0.2, -0.15) is 0 Å². The summed E-state index contributed by atoms with van der Waals surface area (Å²) in [4.78, 5) is 0. The lowest BCUT2D eigenvalue weighted by Gasteiger charge is -2.21. The van der Waals surface area contributed by atoms with Gasteiger partial charge in [0.05, 0.1) is 0 Å². The molecule has 0 saturated carbocycles. The molecule has 0 amide bonds. The second-order valence-corrected chi connectivity index (χ2v) is 2.47. The van der Waals surface area contributed by atoms with Crippen molar-refractivity contribution in [1.82, 2.24) is 0 Å². The molecule has 0 saturated heterocycles. The van der Waals surface area contributed by atoms with Crippen LogP contribution in [0.1, 0.15) is 19.8 Å². The number of ether oxygens (including phenoxy) is 2. The van der Waals surface area contributed by atoms with Crippen LogP contribution in [0, 0.1) is 0 Å². The van der Waals surface area contributed by atoms with Gasteiger partial charge < -0.3 is 9.47 Å². The average Bonchev–Trinajstić information content (AvgIpc) is 2.33. The molecule has 0 unspecified atom stereocenters. The summed E-state index contributed by atoms with van der Waals surface area (Å²) < 4.78 is 10.4. The summed E-state index contributed by atoms with van der Waals surface area (Å²) in [6.45, 7) is 5.53. The molecule has 0 aliphatic carbocycles. The average molecular weight is 140 g/mol. The van der Waals surface area contributed by atoms with Crippen molar-refractivity contribution < 1.29 is 9.47 Å². The minimum absolute atomic E-state index is 0.436. The molecule has 0 aromatic rings. The zero-order valence-corrected chi connectivity index (χ0v) is 6.17. The molecule has 56 valence electrons. The summed E-state index contributed by atoms with van der Waals surface area (Å²) in [5.41, 5.74) is 0. The zero-order chi connectivity index (χ0) is 7.45. The van der Waals surface area contributed by atoms with E-state index in [2.05, 4.69) is 6.58 Å². The van der Waals surface area contributed by atoms with Gasteiger partial charge >= 0.3 is 0 Å². The van der Waals surface area contributed by atoms with Crippen molar-refractivity contribution in [2.75, 3.05) is 0 Å². The minimum Gasteiger partial charge on any atom is -0.457 e. The van der Waals surface area contributed by atoms with Crippen molar-refractivity contribution in [1.29, 1.82) is 0 Å². The number of hydrogen-bond donors (Lipinski definition) is 0. The summed E-state index contributed by atoms with van der Waals surface area (Å²) in [6, 6.07) is 0. The monoisotopic (exact) mass is 140 g/mol. The highest BCUT2D eigenvalue weighted by molar-refractivity contribution is 4.82. The first kappa shape index (κ1) is 7.19. The van der Waals surface area contributed by atoms with Crippen LogP contribution in [0.15, 0.2) is 25.2 Å². The molecular formula is C8H12O2. The molecule has 1 heterocycles. The molecule has 0 aromatic carbocycles. The number of hydrogen-bond acceptors (Lipinski definition) is 2. The molecule has 0 aromatic heterocycles. The van der Waals surface area contributed by atoms with Crippen LogP contribution in [-0.2, 0) is 9.47 Å². The molecule has 0 bridgehead atoms. The van der Waals surface area contributed by atoms with Gasteiger partial charge in [0.1, 0.15) is 12.5 Å². The Morgan fingerprint density at radius 1 is 1.50 bits per heavy atom. The maximum atomic E-state index is 5.19. The van der Waals surface area contributed by atoms with Crippen molar-refractivity contribution in [2.24, 2.45) is 0 Å². The van der Waals surface area contributed by atoms with E-state index >= 15 is 0 Å². The van der Waals surface area contributed by atoms with Gasteiger partial charge in [-0.3, -0.25) is 0 Å². The number of rotatable bonds is 3. The van der Waals surface area contributed by atoms with Crippen LogP contribution in [0.2, 0.25) is 0 Å². The molecule has 1 aliphatic heterocycles. The van der Waals surface area contributed by atoms with Gasteiger partial charge in [0, 0.05) is 13.3 Å². The molecule has 1 rings (SSSR count). The van der Waals surface area contributed by atoms with Crippen molar-refractivity contribution in [2.45, 2.75) is 25.6 Å². The molecule has 0 N–H and O–H groups in total. The van der Waals surface area contributed by atoms with Crippen LogP contribution in [-0.4, -0.2) is 5.79 Å². The van der Waals surface area contributed by atoms with Crippen molar-refractivity contribution in [3.8, 4) is 0 Å². The molecule has 0 spiro atoms. The predicted molar refractivity (Wildman–Crippen MR) is 39.1 cm³/mol. The minimum atomic E-state index is -0.436. The maximum absolute atomic E-state index is 5.19. The Bertz CT molecular complexity index is 141. The normalized spacial score (nSPS) is 19.7. The van der Waals surface area contributed by atoms with Crippen molar-refractivity contribution >= 4 is 0 Å². The van der Waals surface area contributed by atoms with E-state index < -0.39 is 5.79 Å². The Labute approximate surface area is 61.1 Å². The predicted octanol–water partition coefficient (Wildman–Crippen LogP) is 2.19. The van der Waals surface area contributed by atoms with Crippen molar-refractivity contribution in [3.63, 3.8) is 0 Å². The Balaban J connectivity index is 2.31. The third-order valence-electron chi connectivity index (χ3n) is 1.49. The highest BCUT2D eigenvalue weighted by atomic mass is 16.7. The molecule has 2 heteroatoms. The SMILES string of the molecule is C=CCCC1(C)OC=CO1. The van der Waals surface area contributed by atoms with E-state index in [-0.39, 0.29) is 0 Å². The van der Waals surface area contributed by atoms with E-state index in [0.29, 0.717) is 0 Å². The standard InChI is InChI=1S/C8H12O2/c1-3-4-5-8(2)9-6-7-10-8/h3,6-7H,1,4-5H2,2H3. The largest absolute Gasteiger partial charge is 0.457 e. The van der Waals surface area contributed by atoms with E-state index in [9.17, 15) is 0 Å². The first-order valence-electron chi connectivity index (χ1n) is 3.38. The Morgan fingerprint density at radius 3 is 2.60 bits per heavy atom. The maximum Gasteiger partial charge on any atom is 0.247 e. The highest BCUT2D eigenvalue weighted by Crippen LogP contribution is 2.24. The summed E-state index contributed by atoms with van der Waals surface area (Å²) in [5.74, 6) is -0.436. The summed E-state index contributed by atoms with van der Waals surface area (Å²) >= 11 is 0. The molecule has 10 heavy (non-hydrogen) atoms. The van der Waals surface area contributed by atoms with Crippen molar-refractivity contribution in [3.05, 3.63) is 25.2 Å². The molecule has 0 fully saturated rings. The Morgan fingerprint density at radius 2 is 2.10 bits per heavy atom. The van der Waals surface area contributed by atoms with Gasteiger partial charge in [-0.15, -0.1) is 6.58 Å². The van der Waals surface area contributed by atoms with Crippen LogP contribution in [0.3, 0.4) is 0 Å². The van der Waals surface area contributed by atoms with Gasteiger partial charge in [-0.25, -0.2) is 0 Å². The number of allylic oxidation sites excluding steroid dienone is 1. The van der Waals surface area contributed by atoms with Crippen LogP contribution in [0.5, 0.6) is 0 Å². The lowest BCUT2D eigenvalue weighted by Crippen LogP contribution is -2.24. The van der Waals surface area contributed by atoms with Crippen LogP contribution in [0.25, 0.3) is 0 Å². The summed E-state index contributed by atoms with van der Waals surface area (Å²) in [6.07, 6.45) is 6.77. The molecule has 2 nitrogen and oxygen atoms in total. The van der Waals surface area contributed by atoms with E-state index in [4.69, 9.17) is 9.47 Å². The molecule has 1 aliphatic rings. The smallest absolute Gasteiger partial charge is 0.247 e. The zero-order valence-electron chi connectivity index (χ0n) is 6.17. The van der Waals surface area contributed by atoms with Gasteiger partial charge in [-0.05, 0) is 6.42 Å². The fourth-order valence-corrected chi connectivity index (χ4v) is 0.853. The molecular weight excluding hydrogens is 128 g/mol. The third-order valence-corrected chi connectivity index (χ3v) is 1.49. The highest BCUT2D eigenvalue weighted by Gasteiger charge is 2.27. The van der Waals surface area contributed by atoms with Crippen LogP contribution >= 0.6 is 0 Å². The lowest BCUT2D eigenvalue weighted by atomic mass is 10.2.